The molecule has 3 N–H and O–H groups in total. The van der Waals surface area contributed by atoms with Gasteiger partial charge in [-0.1, -0.05) is 72.8 Å². The Balaban J connectivity index is 1.69. The molecule has 7 nitrogen and oxygen atoms in total. The Bertz CT molecular complexity index is 1110. The Morgan fingerprint density at radius 1 is 0.765 bits per heavy atom. The van der Waals surface area contributed by atoms with Crippen molar-refractivity contribution < 1.29 is 28.6 Å². The van der Waals surface area contributed by atoms with Gasteiger partial charge in [0.05, 0.1) is 0 Å². The van der Waals surface area contributed by atoms with Crippen molar-refractivity contribution >= 4 is 18.0 Å². The lowest BCUT2D eigenvalue weighted by Crippen LogP contribution is -2.53. The van der Waals surface area contributed by atoms with Crippen LogP contribution >= 0.6 is 0 Å². The number of aliphatic carboxylic acids is 1. The highest BCUT2D eigenvalue weighted by atomic mass is 19.1. The summed E-state index contributed by atoms with van der Waals surface area (Å²) in [6, 6.07) is 21.2. The van der Waals surface area contributed by atoms with Gasteiger partial charge in [-0.3, -0.25) is 4.79 Å². The summed E-state index contributed by atoms with van der Waals surface area (Å²) in [4.78, 5) is 37.2. The van der Waals surface area contributed by atoms with E-state index in [1.165, 1.54) is 18.2 Å². The summed E-state index contributed by atoms with van der Waals surface area (Å²) < 4.78 is 18.7. The lowest BCUT2D eigenvalue weighted by atomic mass is 10.0. The number of carboxylic acid groups (broad SMARTS) is 1. The van der Waals surface area contributed by atoms with Crippen LogP contribution in [0, 0.1) is 5.82 Å². The molecule has 2 amide bonds. The van der Waals surface area contributed by atoms with Crippen molar-refractivity contribution in [2.75, 3.05) is 0 Å². The third kappa shape index (κ3) is 7.74. The Labute approximate surface area is 196 Å². The first-order chi connectivity index (χ1) is 16.4. The molecule has 0 aromatic heterocycles. The summed E-state index contributed by atoms with van der Waals surface area (Å²) in [6.07, 6.45) is -0.800. The second-order valence-corrected chi connectivity index (χ2v) is 7.68. The van der Waals surface area contributed by atoms with E-state index < -0.39 is 35.9 Å². The van der Waals surface area contributed by atoms with Crippen LogP contribution in [0.15, 0.2) is 84.9 Å². The standard InChI is InChI=1S/C26H25FN2O5/c27-21-13-7-12-20(14-21)16-23(25(31)32)28-24(30)22(15-18-8-3-1-4-9-18)29-26(33)34-17-19-10-5-2-6-11-19/h1-14,22-23H,15-17H2,(H,28,30)(H,29,33)(H,31,32)/t22-,23+/m0/s1. The van der Waals surface area contributed by atoms with E-state index in [4.69, 9.17) is 4.74 Å². The van der Waals surface area contributed by atoms with Crippen molar-refractivity contribution in [2.45, 2.75) is 31.5 Å². The number of nitrogens with one attached hydrogen (secondary N) is 2. The second kappa shape index (κ2) is 12.2. The quantitative estimate of drug-likeness (QED) is 0.426. The van der Waals surface area contributed by atoms with Gasteiger partial charge in [0.2, 0.25) is 5.91 Å². The van der Waals surface area contributed by atoms with E-state index in [0.717, 1.165) is 11.1 Å². The molecule has 0 aliphatic carbocycles. The molecule has 176 valence electrons. The third-order valence-electron chi connectivity index (χ3n) is 5.05. The van der Waals surface area contributed by atoms with Gasteiger partial charge in [-0.2, -0.15) is 0 Å². The van der Waals surface area contributed by atoms with E-state index in [9.17, 15) is 23.9 Å². The first kappa shape index (κ1) is 24.4. The van der Waals surface area contributed by atoms with E-state index in [1.54, 1.807) is 42.5 Å². The lowest BCUT2D eigenvalue weighted by Gasteiger charge is -2.21. The number of carbonyl (C=O) groups is 3. The summed E-state index contributed by atoms with van der Waals surface area (Å²) >= 11 is 0. The average molecular weight is 464 g/mol. The lowest BCUT2D eigenvalue weighted by molar-refractivity contribution is -0.142. The van der Waals surface area contributed by atoms with Crippen molar-refractivity contribution in [3.05, 3.63) is 107 Å². The maximum absolute atomic E-state index is 13.5. The minimum Gasteiger partial charge on any atom is -0.480 e. The molecule has 0 aliphatic rings. The van der Waals surface area contributed by atoms with Gasteiger partial charge in [0.25, 0.3) is 0 Å². The maximum atomic E-state index is 13.5. The minimum absolute atomic E-state index is 0.0175. The van der Waals surface area contributed by atoms with E-state index in [-0.39, 0.29) is 19.4 Å². The number of hydrogen-bond donors (Lipinski definition) is 3. The zero-order chi connectivity index (χ0) is 24.3. The van der Waals surface area contributed by atoms with E-state index >= 15 is 0 Å². The number of hydrogen-bond acceptors (Lipinski definition) is 4. The monoisotopic (exact) mass is 464 g/mol. The molecule has 0 saturated heterocycles. The van der Waals surface area contributed by atoms with Crippen LogP contribution in [0.4, 0.5) is 9.18 Å². The van der Waals surface area contributed by atoms with Crippen LogP contribution in [0.3, 0.4) is 0 Å². The van der Waals surface area contributed by atoms with E-state index in [0.29, 0.717) is 5.56 Å². The highest BCUT2D eigenvalue weighted by molar-refractivity contribution is 5.89. The van der Waals surface area contributed by atoms with Crippen molar-refractivity contribution in [1.29, 1.82) is 0 Å². The van der Waals surface area contributed by atoms with Crippen LogP contribution in [0.1, 0.15) is 16.7 Å². The molecule has 0 bridgehead atoms. The third-order valence-corrected chi connectivity index (χ3v) is 5.05. The topological polar surface area (TPSA) is 105 Å². The number of alkyl carbamates (subject to hydrolysis) is 1. The van der Waals surface area contributed by atoms with Crippen LogP contribution in [0.25, 0.3) is 0 Å². The average Bonchev–Trinajstić information content (AvgIpc) is 2.83. The molecule has 0 unspecified atom stereocenters. The number of halogens is 1. The number of rotatable bonds is 10. The first-order valence-electron chi connectivity index (χ1n) is 10.7. The number of amides is 2. The molecule has 0 spiro atoms. The molecule has 2 atom stereocenters. The molecule has 3 aromatic carbocycles. The predicted molar refractivity (Wildman–Crippen MR) is 123 cm³/mol. The first-order valence-corrected chi connectivity index (χ1v) is 10.7. The molecule has 0 saturated carbocycles. The second-order valence-electron chi connectivity index (χ2n) is 7.68. The van der Waals surface area contributed by atoms with Gasteiger partial charge in [0, 0.05) is 12.8 Å². The van der Waals surface area contributed by atoms with Gasteiger partial charge in [-0.25, -0.2) is 14.0 Å². The SMILES string of the molecule is O=C(N[C@@H](Cc1ccccc1)C(=O)N[C@H](Cc1cccc(F)c1)C(=O)O)OCc1ccccc1. The molecule has 3 aromatic rings. The number of carboxylic acids is 1. The molecule has 0 aliphatic heterocycles. The maximum Gasteiger partial charge on any atom is 0.408 e. The zero-order valence-electron chi connectivity index (χ0n) is 18.3. The normalized spacial score (nSPS) is 12.3. The molecular formula is C26H25FN2O5. The minimum atomic E-state index is -1.31. The van der Waals surface area contributed by atoms with Gasteiger partial charge in [0.1, 0.15) is 24.5 Å². The Morgan fingerprint density at radius 3 is 1.97 bits per heavy atom. The number of carbonyl (C=O) groups excluding carboxylic acids is 2. The fourth-order valence-electron chi connectivity index (χ4n) is 3.34. The van der Waals surface area contributed by atoms with Crippen molar-refractivity contribution in [2.24, 2.45) is 0 Å². The van der Waals surface area contributed by atoms with Gasteiger partial charge in [-0.15, -0.1) is 0 Å². The molecule has 34 heavy (non-hydrogen) atoms. The molecular weight excluding hydrogens is 439 g/mol. The molecule has 0 fully saturated rings. The largest absolute Gasteiger partial charge is 0.480 e. The van der Waals surface area contributed by atoms with Crippen LogP contribution in [0.2, 0.25) is 0 Å². The van der Waals surface area contributed by atoms with Crippen molar-refractivity contribution in [3.8, 4) is 0 Å². The van der Waals surface area contributed by atoms with E-state index in [2.05, 4.69) is 10.6 Å². The summed E-state index contributed by atoms with van der Waals surface area (Å²) in [5.74, 6) is -2.47. The fraction of sp³-hybridized carbons (Fsp3) is 0.192. The smallest absolute Gasteiger partial charge is 0.408 e. The van der Waals surface area contributed by atoms with Crippen LogP contribution in [0.5, 0.6) is 0 Å². The van der Waals surface area contributed by atoms with Gasteiger partial charge in [0.15, 0.2) is 0 Å². The summed E-state index contributed by atoms with van der Waals surface area (Å²) in [6.45, 7) is 0.0175. The van der Waals surface area contributed by atoms with Gasteiger partial charge >= 0.3 is 12.1 Å². The summed E-state index contributed by atoms with van der Waals surface area (Å²) in [7, 11) is 0. The Hall–Kier alpha value is -4.20. The van der Waals surface area contributed by atoms with Crippen LogP contribution in [-0.4, -0.2) is 35.2 Å². The fourth-order valence-corrected chi connectivity index (χ4v) is 3.34. The molecule has 0 radical (unpaired) electrons. The van der Waals surface area contributed by atoms with Crippen molar-refractivity contribution in [1.82, 2.24) is 10.6 Å². The highest BCUT2D eigenvalue weighted by Crippen LogP contribution is 2.09. The Kier molecular flexibility index (Phi) is 8.73. The van der Waals surface area contributed by atoms with Crippen LogP contribution < -0.4 is 10.6 Å². The predicted octanol–water partition coefficient (Wildman–Crippen LogP) is 3.48. The van der Waals surface area contributed by atoms with E-state index in [1.807, 2.05) is 24.3 Å². The van der Waals surface area contributed by atoms with Crippen molar-refractivity contribution in [3.63, 3.8) is 0 Å². The van der Waals surface area contributed by atoms with Crippen LogP contribution in [-0.2, 0) is 33.8 Å². The summed E-state index contributed by atoms with van der Waals surface area (Å²) in [5.41, 5.74) is 1.97. The number of benzene rings is 3. The molecule has 3 rings (SSSR count). The number of ether oxygens (including phenoxy) is 1. The van der Waals surface area contributed by atoms with Gasteiger partial charge in [-0.05, 0) is 28.8 Å². The Morgan fingerprint density at radius 2 is 1.35 bits per heavy atom. The zero-order valence-corrected chi connectivity index (χ0v) is 18.3. The molecule has 8 heteroatoms. The summed E-state index contributed by atoms with van der Waals surface area (Å²) in [5, 5.41) is 14.6. The van der Waals surface area contributed by atoms with Gasteiger partial charge < -0.3 is 20.5 Å². The molecule has 0 heterocycles. The highest BCUT2D eigenvalue weighted by Gasteiger charge is 2.27.